The van der Waals surface area contributed by atoms with Gasteiger partial charge < -0.3 is 15.0 Å². The summed E-state index contributed by atoms with van der Waals surface area (Å²) < 4.78 is 0. The average Bonchev–Trinajstić information content (AvgIpc) is 2.57. The number of benzene rings is 2. The van der Waals surface area contributed by atoms with E-state index in [4.69, 9.17) is 0 Å². The molecular weight excluding hydrogens is 292 g/mol. The average molecular weight is 310 g/mol. The summed E-state index contributed by atoms with van der Waals surface area (Å²) in [5, 5.41) is 20.5. The van der Waals surface area contributed by atoms with Gasteiger partial charge in [0.25, 0.3) is 0 Å². The van der Waals surface area contributed by atoms with Crippen molar-refractivity contribution in [1.82, 2.24) is 0 Å². The lowest BCUT2D eigenvalue weighted by molar-refractivity contribution is -0.107. The molecule has 2 aromatic rings. The molecule has 0 spiro atoms. The summed E-state index contributed by atoms with van der Waals surface area (Å²) in [4.78, 5) is 21.6. The number of rotatable bonds is 7. The van der Waals surface area contributed by atoms with E-state index < -0.39 is 0 Å². The molecule has 0 fully saturated rings. The highest BCUT2D eigenvalue weighted by Gasteiger charge is 2.15. The van der Waals surface area contributed by atoms with Gasteiger partial charge in [-0.15, -0.1) is 0 Å². The summed E-state index contributed by atoms with van der Waals surface area (Å²) in [6.45, 7) is 0. The number of phenols is 2. The lowest BCUT2D eigenvalue weighted by Gasteiger charge is -2.12. The predicted molar refractivity (Wildman–Crippen MR) is 89.5 cm³/mol. The van der Waals surface area contributed by atoms with Gasteiger partial charge in [-0.1, -0.05) is 36.4 Å². The second kappa shape index (κ2) is 7.94. The molecule has 0 radical (unpaired) electrons. The molecule has 0 aliphatic heterocycles. The van der Waals surface area contributed by atoms with Crippen LogP contribution in [0, 0.1) is 0 Å². The van der Waals surface area contributed by atoms with Gasteiger partial charge in [0.1, 0.15) is 17.8 Å². The molecule has 0 aliphatic rings. The number of carbonyl (C=O) groups is 2. The highest BCUT2D eigenvalue weighted by molar-refractivity contribution is 5.85. The van der Waals surface area contributed by atoms with Crippen LogP contribution in [0.5, 0.6) is 11.5 Å². The normalized spacial score (nSPS) is 10.8. The molecule has 0 aromatic heterocycles. The fourth-order valence-corrected chi connectivity index (χ4v) is 2.37. The van der Waals surface area contributed by atoms with E-state index in [9.17, 15) is 19.8 Å². The first-order valence-corrected chi connectivity index (χ1v) is 7.37. The highest BCUT2D eigenvalue weighted by Crippen LogP contribution is 2.35. The second-order valence-electron chi connectivity index (χ2n) is 5.15. The van der Waals surface area contributed by atoms with E-state index in [1.165, 1.54) is 6.07 Å². The number of hydrogen-bond donors (Lipinski definition) is 2. The van der Waals surface area contributed by atoms with E-state index in [1.807, 2.05) is 30.3 Å². The Morgan fingerprint density at radius 3 is 2.39 bits per heavy atom. The number of hydrogen-bond acceptors (Lipinski definition) is 4. The van der Waals surface area contributed by atoms with E-state index >= 15 is 0 Å². The first-order valence-electron chi connectivity index (χ1n) is 7.37. The Kier molecular flexibility index (Phi) is 5.69. The van der Waals surface area contributed by atoms with Crippen molar-refractivity contribution in [2.45, 2.75) is 19.3 Å². The summed E-state index contributed by atoms with van der Waals surface area (Å²) in [7, 11) is 0. The molecule has 2 aromatic carbocycles. The minimum atomic E-state index is -0.157. The molecule has 0 saturated heterocycles. The quantitative estimate of drug-likeness (QED) is 0.465. The van der Waals surface area contributed by atoms with Crippen LogP contribution < -0.4 is 0 Å². The van der Waals surface area contributed by atoms with Crippen LogP contribution in [0.4, 0.5) is 0 Å². The van der Waals surface area contributed by atoms with Crippen molar-refractivity contribution in [2.24, 2.45) is 0 Å². The molecule has 2 rings (SSSR count). The van der Waals surface area contributed by atoms with Gasteiger partial charge in [0.15, 0.2) is 6.29 Å². The monoisotopic (exact) mass is 310 g/mol. The van der Waals surface area contributed by atoms with Gasteiger partial charge in [-0.3, -0.25) is 4.79 Å². The molecule has 0 bridgehead atoms. The van der Waals surface area contributed by atoms with Crippen molar-refractivity contribution >= 4 is 24.7 Å². The van der Waals surface area contributed by atoms with Gasteiger partial charge in [0, 0.05) is 17.5 Å². The predicted octanol–water partition coefficient (Wildman–Crippen LogP) is 3.60. The Balaban J connectivity index is 2.39. The molecule has 23 heavy (non-hydrogen) atoms. The standard InChI is InChI=1S/C19H18O4/c20-11-5-4-8-16-15(13-21)12-18(22)17(19(16)23)10-9-14-6-2-1-3-7-14/h1-3,6-7,9-13,22-23H,4-5,8H2. The molecule has 0 heterocycles. The third kappa shape index (κ3) is 4.07. The molecular formula is C19H18O4. The molecule has 0 atom stereocenters. The Labute approximate surface area is 134 Å². The van der Waals surface area contributed by atoms with Crippen LogP contribution in [-0.2, 0) is 11.2 Å². The summed E-state index contributed by atoms with van der Waals surface area (Å²) in [5.74, 6) is -0.277. The lowest BCUT2D eigenvalue weighted by atomic mass is 9.96. The Morgan fingerprint density at radius 1 is 1.00 bits per heavy atom. The van der Waals surface area contributed by atoms with E-state index in [0.29, 0.717) is 31.1 Å². The molecule has 4 heteroatoms. The number of aldehydes is 2. The number of unbranched alkanes of at least 4 members (excludes halogenated alkanes) is 1. The van der Waals surface area contributed by atoms with Crippen LogP contribution in [0.3, 0.4) is 0 Å². The van der Waals surface area contributed by atoms with E-state index in [2.05, 4.69) is 0 Å². The summed E-state index contributed by atoms with van der Waals surface area (Å²) in [5.41, 5.74) is 1.88. The smallest absolute Gasteiger partial charge is 0.150 e. The van der Waals surface area contributed by atoms with Crippen molar-refractivity contribution < 1.29 is 19.8 Å². The number of aromatic hydroxyl groups is 2. The first-order chi connectivity index (χ1) is 11.2. The Bertz CT molecular complexity index is 718. The highest BCUT2D eigenvalue weighted by atomic mass is 16.3. The topological polar surface area (TPSA) is 74.6 Å². The molecule has 118 valence electrons. The van der Waals surface area contributed by atoms with Crippen molar-refractivity contribution in [3.8, 4) is 11.5 Å². The fourth-order valence-electron chi connectivity index (χ4n) is 2.37. The minimum absolute atomic E-state index is 0.120. The Hall–Kier alpha value is -2.88. The van der Waals surface area contributed by atoms with Crippen LogP contribution in [0.25, 0.3) is 12.2 Å². The molecule has 0 saturated carbocycles. The molecule has 0 amide bonds. The largest absolute Gasteiger partial charge is 0.507 e. The molecule has 0 aliphatic carbocycles. The van der Waals surface area contributed by atoms with Gasteiger partial charge in [-0.25, -0.2) is 0 Å². The van der Waals surface area contributed by atoms with Gasteiger partial charge in [-0.2, -0.15) is 0 Å². The minimum Gasteiger partial charge on any atom is -0.507 e. The maximum Gasteiger partial charge on any atom is 0.150 e. The van der Waals surface area contributed by atoms with Gasteiger partial charge in [0.2, 0.25) is 0 Å². The van der Waals surface area contributed by atoms with Crippen LogP contribution in [-0.4, -0.2) is 22.8 Å². The molecule has 4 nitrogen and oxygen atoms in total. The zero-order valence-electron chi connectivity index (χ0n) is 12.6. The second-order valence-corrected chi connectivity index (χ2v) is 5.15. The Morgan fingerprint density at radius 2 is 1.74 bits per heavy atom. The van der Waals surface area contributed by atoms with Crippen LogP contribution in [0.15, 0.2) is 36.4 Å². The van der Waals surface area contributed by atoms with Crippen molar-refractivity contribution in [3.63, 3.8) is 0 Å². The number of carbonyl (C=O) groups excluding carboxylic acids is 2. The summed E-state index contributed by atoms with van der Waals surface area (Å²) in [6, 6.07) is 10.8. The summed E-state index contributed by atoms with van der Waals surface area (Å²) >= 11 is 0. The van der Waals surface area contributed by atoms with Crippen LogP contribution >= 0.6 is 0 Å². The zero-order valence-corrected chi connectivity index (χ0v) is 12.6. The van der Waals surface area contributed by atoms with Gasteiger partial charge in [-0.05, 0) is 30.5 Å². The summed E-state index contributed by atoms with van der Waals surface area (Å²) in [6.07, 6.45) is 6.06. The number of phenolic OH excluding ortho intramolecular Hbond substituents is 2. The zero-order chi connectivity index (χ0) is 16.7. The van der Waals surface area contributed by atoms with E-state index in [-0.39, 0.29) is 22.6 Å². The third-order valence-electron chi connectivity index (χ3n) is 3.58. The molecule has 2 N–H and O–H groups in total. The van der Waals surface area contributed by atoms with Crippen molar-refractivity contribution in [1.29, 1.82) is 0 Å². The van der Waals surface area contributed by atoms with Crippen LogP contribution in [0.1, 0.15) is 39.9 Å². The third-order valence-corrected chi connectivity index (χ3v) is 3.58. The van der Waals surface area contributed by atoms with Crippen LogP contribution in [0.2, 0.25) is 0 Å². The SMILES string of the molecule is O=CCCCc1c(C=O)cc(O)c(C=Cc2ccccc2)c1O. The van der Waals surface area contributed by atoms with Crippen molar-refractivity contribution in [3.05, 3.63) is 58.7 Å². The van der Waals surface area contributed by atoms with Gasteiger partial charge >= 0.3 is 0 Å². The first kappa shape index (κ1) is 16.5. The van der Waals surface area contributed by atoms with E-state index in [0.717, 1.165) is 11.8 Å². The van der Waals surface area contributed by atoms with Gasteiger partial charge in [0.05, 0.1) is 5.56 Å². The maximum atomic E-state index is 11.1. The lowest BCUT2D eigenvalue weighted by Crippen LogP contribution is -1.97. The van der Waals surface area contributed by atoms with Crippen molar-refractivity contribution in [2.75, 3.05) is 0 Å². The fraction of sp³-hybridized carbons (Fsp3) is 0.158. The van der Waals surface area contributed by atoms with E-state index in [1.54, 1.807) is 12.2 Å². The molecule has 0 unspecified atom stereocenters. The maximum absolute atomic E-state index is 11.1.